The number of ether oxygens (including phenoxy) is 1. The second kappa shape index (κ2) is 8.18. The molecule has 1 spiro atoms. The van der Waals surface area contributed by atoms with Gasteiger partial charge in [0.1, 0.15) is 17.8 Å². The second-order valence-electron chi connectivity index (χ2n) is 7.80. The first-order chi connectivity index (χ1) is 14.5. The third-order valence-corrected chi connectivity index (χ3v) is 5.89. The van der Waals surface area contributed by atoms with E-state index in [1.54, 1.807) is 7.11 Å². The minimum absolute atomic E-state index is 0.291. The summed E-state index contributed by atoms with van der Waals surface area (Å²) in [7, 11) is 1.60. The van der Waals surface area contributed by atoms with Gasteiger partial charge in [0.25, 0.3) is 5.91 Å². The van der Waals surface area contributed by atoms with Crippen molar-refractivity contribution in [2.75, 3.05) is 13.7 Å². The van der Waals surface area contributed by atoms with Crippen LogP contribution in [0.2, 0.25) is 0 Å². The molecule has 1 saturated carbocycles. The molecule has 156 valence electrons. The molecule has 7 heteroatoms. The maximum Gasteiger partial charge on any atom is 0.325 e. The van der Waals surface area contributed by atoms with Crippen LogP contribution in [0.25, 0.3) is 0 Å². The molecule has 2 N–H and O–H groups in total. The normalized spacial score (nSPS) is 18.4. The summed E-state index contributed by atoms with van der Waals surface area (Å²) in [5.74, 6) is 0.0390. The summed E-state index contributed by atoms with van der Waals surface area (Å²) < 4.78 is 5.22. The van der Waals surface area contributed by atoms with Crippen LogP contribution >= 0.6 is 0 Å². The van der Waals surface area contributed by atoms with Gasteiger partial charge >= 0.3 is 6.03 Å². The predicted octanol–water partition coefficient (Wildman–Crippen LogP) is 2.77. The standard InChI is InChI=1S/C23H25N3O4/c1-30-18-11-9-17(10-12-18)20(16-7-3-2-4-8-16)24-19(27)15-26-21(28)23(25-22(26)29)13-5-6-14-23/h2-4,7-12,20H,5-6,13-15H2,1H3,(H,24,27)(H,25,29)/t20-/m1/s1. The molecule has 0 radical (unpaired) electrons. The molecule has 2 aliphatic rings. The number of hydrogen-bond donors (Lipinski definition) is 2. The number of nitrogens with zero attached hydrogens (tertiary/aromatic N) is 1. The van der Waals surface area contributed by atoms with Crippen LogP contribution in [-0.4, -0.2) is 41.9 Å². The van der Waals surface area contributed by atoms with E-state index in [9.17, 15) is 14.4 Å². The highest BCUT2D eigenvalue weighted by molar-refractivity contribution is 6.09. The summed E-state index contributed by atoms with van der Waals surface area (Å²) in [6, 6.07) is 16.1. The van der Waals surface area contributed by atoms with Gasteiger partial charge in [-0.1, -0.05) is 55.3 Å². The number of imide groups is 1. The average molecular weight is 407 g/mol. The molecule has 0 aromatic heterocycles. The molecule has 1 saturated heterocycles. The van der Waals surface area contributed by atoms with Crippen LogP contribution in [0.15, 0.2) is 54.6 Å². The molecule has 0 bridgehead atoms. The number of rotatable bonds is 6. The fourth-order valence-corrected chi connectivity index (χ4v) is 4.29. The van der Waals surface area contributed by atoms with Crippen molar-refractivity contribution >= 4 is 17.8 Å². The monoisotopic (exact) mass is 407 g/mol. The van der Waals surface area contributed by atoms with Crippen molar-refractivity contribution in [3.63, 3.8) is 0 Å². The highest BCUT2D eigenvalue weighted by Crippen LogP contribution is 2.35. The lowest BCUT2D eigenvalue weighted by molar-refractivity contribution is -0.135. The molecule has 1 aliphatic carbocycles. The highest BCUT2D eigenvalue weighted by Gasteiger charge is 2.52. The minimum atomic E-state index is -0.813. The van der Waals surface area contributed by atoms with Gasteiger partial charge in [0.2, 0.25) is 5.91 Å². The number of amides is 4. The Balaban J connectivity index is 1.52. The van der Waals surface area contributed by atoms with Crippen molar-refractivity contribution in [2.45, 2.75) is 37.3 Å². The Labute approximate surface area is 175 Å². The first-order valence-corrected chi connectivity index (χ1v) is 10.1. The maximum absolute atomic E-state index is 12.9. The SMILES string of the molecule is COc1ccc([C@H](NC(=O)CN2C(=O)NC3(CCCC3)C2=O)c2ccccc2)cc1. The van der Waals surface area contributed by atoms with Crippen LogP contribution in [0, 0.1) is 0 Å². The maximum atomic E-state index is 12.9. The Hall–Kier alpha value is -3.35. The summed E-state index contributed by atoms with van der Waals surface area (Å²) in [6.07, 6.45) is 3.07. The third-order valence-electron chi connectivity index (χ3n) is 5.89. The molecule has 0 unspecified atom stereocenters. The van der Waals surface area contributed by atoms with E-state index in [0.717, 1.165) is 34.6 Å². The summed E-state index contributed by atoms with van der Waals surface area (Å²) in [5, 5.41) is 5.79. The van der Waals surface area contributed by atoms with Gasteiger partial charge in [0.05, 0.1) is 13.2 Å². The average Bonchev–Trinajstić information content (AvgIpc) is 3.33. The van der Waals surface area contributed by atoms with Gasteiger partial charge < -0.3 is 15.4 Å². The van der Waals surface area contributed by atoms with Crippen molar-refractivity contribution < 1.29 is 19.1 Å². The van der Waals surface area contributed by atoms with Gasteiger partial charge in [-0.15, -0.1) is 0 Å². The largest absolute Gasteiger partial charge is 0.497 e. The zero-order chi connectivity index (χ0) is 21.1. The molecule has 30 heavy (non-hydrogen) atoms. The number of benzene rings is 2. The van der Waals surface area contributed by atoms with E-state index in [1.165, 1.54) is 0 Å². The minimum Gasteiger partial charge on any atom is -0.497 e. The van der Waals surface area contributed by atoms with E-state index in [1.807, 2.05) is 54.6 Å². The van der Waals surface area contributed by atoms with Crippen molar-refractivity contribution in [1.82, 2.24) is 15.5 Å². The molecule has 1 atom stereocenters. The number of nitrogens with one attached hydrogen (secondary N) is 2. The topological polar surface area (TPSA) is 87.7 Å². The fraction of sp³-hybridized carbons (Fsp3) is 0.348. The van der Waals surface area contributed by atoms with Crippen molar-refractivity contribution in [3.8, 4) is 5.75 Å². The fourth-order valence-electron chi connectivity index (χ4n) is 4.29. The number of methoxy groups -OCH3 is 1. The zero-order valence-corrected chi connectivity index (χ0v) is 16.9. The van der Waals surface area contributed by atoms with Crippen LogP contribution < -0.4 is 15.4 Å². The van der Waals surface area contributed by atoms with E-state index >= 15 is 0 Å². The Bertz CT molecular complexity index is 937. The van der Waals surface area contributed by atoms with E-state index in [2.05, 4.69) is 10.6 Å². The van der Waals surface area contributed by atoms with Gasteiger partial charge in [-0.3, -0.25) is 14.5 Å². The molecule has 2 aromatic rings. The Kier molecular flexibility index (Phi) is 5.44. The van der Waals surface area contributed by atoms with Crippen LogP contribution in [0.3, 0.4) is 0 Å². The number of hydrogen-bond acceptors (Lipinski definition) is 4. The molecular weight excluding hydrogens is 382 g/mol. The summed E-state index contributed by atoms with van der Waals surface area (Å²) in [6.45, 7) is -0.300. The van der Waals surface area contributed by atoms with E-state index in [4.69, 9.17) is 4.74 Å². The third kappa shape index (κ3) is 3.75. The van der Waals surface area contributed by atoms with E-state index < -0.39 is 23.5 Å². The van der Waals surface area contributed by atoms with Crippen molar-refractivity contribution in [1.29, 1.82) is 0 Å². The lowest BCUT2D eigenvalue weighted by Crippen LogP contribution is -2.45. The van der Waals surface area contributed by atoms with Gasteiger partial charge in [0.15, 0.2) is 0 Å². The molecule has 2 aromatic carbocycles. The number of carbonyl (C=O) groups excluding carboxylic acids is 3. The van der Waals surface area contributed by atoms with E-state index in [-0.39, 0.29) is 12.5 Å². The second-order valence-corrected chi connectivity index (χ2v) is 7.80. The zero-order valence-electron chi connectivity index (χ0n) is 16.9. The van der Waals surface area contributed by atoms with Crippen molar-refractivity contribution in [2.24, 2.45) is 0 Å². The first kappa shape index (κ1) is 19.9. The smallest absolute Gasteiger partial charge is 0.325 e. The van der Waals surface area contributed by atoms with Crippen molar-refractivity contribution in [3.05, 3.63) is 65.7 Å². The number of carbonyl (C=O) groups is 3. The molecule has 1 aliphatic heterocycles. The van der Waals surface area contributed by atoms with Crippen LogP contribution in [0.4, 0.5) is 4.79 Å². The Morgan fingerprint density at radius 1 is 1.07 bits per heavy atom. The number of urea groups is 1. The summed E-state index contributed by atoms with van der Waals surface area (Å²) in [4.78, 5) is 39.1. The molecule has 4 amide bonds. The molecular formula is C23H25N3O4. The molecule has 2 fully saturated rings. The lowest BCUT2D eigenvalue weighted by Gasteiger charge is -2.22. The van der Waals surface area contributed by atoms with Gasteiger partial charge in [-0.2, -0.15) is 0 Å². The molecule has 1 heterocycles. The highest BCUT2D eigenvalue weighted by atomic mass is 16.5. The molecule has 4 rings (SSSR count). The van der Waals surface area contributed by atoms with E-state index in [0.29, 0.717) is 12.8 Å². The first-order valence-electron chi connectivity index (χ1n) is 10.1. The van der Waals surface area contributed by atoms with Crippen LogP contribution in [0.5, 0.6) is 5.75 Å². The van der Waals surface area contributed by atoms with Crippen LogP contribution in [0.1, 0.15) is 42.9 Å². The van der Waals surface area contributed by atoms with Gasteiger partial charge in [-0.25, -0.2) is 4.79 Å². The van der Waals surface area contributed by atoms with Gasteiger partial charge in [0, 0.05) is 0 Å². The lowest BCUT2D eigenvalue weighted by atomic mass is 9.98. The Morgan fingerprint density at radius 3 is 2.33 bits per heavy atom. The summed E-state index contributed by atoms with van der Waals surface area (Å²) in [5.41, 5.74) is 0.965. The Morgan fingerprint density at radius 2 is 1.70 bits per heavy atom. The van der Waals surface area contributed by atoms with Crippen LogP contribution in [-0.2, 0) is 9.59 Å². The summed E-state index contributed by atoms with van der Waals surface area (Å²) >= 11 is 0. The predicted molar refractivity (Wildman–Crippen MR) is 111 cm³/mol. The quantitative estimate of drug-likeness (QED) is 0.721. The molecule has 7 nitrogen and oxygen atoms in total. The van der Waals surface area contributed by atoms with Gasteiger partial charge in [-0.05, 0) is 36.1 Å².